The third-order valence-electron chi connectivity index (χ3n) is 6.59. The average molecular weight is 511 g/mol. The highest BCUT2D eigenvalue weighted by molar-refractivity contribution is 5.76. The summed E-state index contributed by atoms with van der Waals surface area (Å²) in [6.45, 7) is 7.81. The number of aliphatic hydroxyl groups excluding tert-OH is 1. The largest absolute Gasteiger partial charge is 0.481 e. The first-order valence-electron chi connectivity index (χ1n) is 12.7. The number of aliphatic carboxylic acids is 1. The van der Waals surface area contributed by atoms with Crippen LogP contribution in [0.1, 0.15) is 60.8 Å². The Bertz CT molecular complexity index is 1020. The quantitative estimate of drug-likeness (QED) is 0.350. The SMILES string of the molecule is C=CCN(C)C[C@H]1O[C@@H](c2ccc(CNC(=O)CCCC(=O)O)cc2)O[C@@H](c2ccc(CO)cc2)[C@H]1C. The highest BCUT2D eigenvalue weighted by Crippen LogP contribution is 2.41. The van der Waals surface area contributed by atoms with Crippen LogP contribution in [0.3, 0.4) is 0 Å². The van der Waals surface area contributed by atoms with Gasteiger partial charge in [-0.15, -0.1) is 6.58 Å². The zero-order valence-electron chi connectivity index (χ0n) is 21.6. The Balaban J connectivity index is 1.70. The first-order chi connectivity index (χ1) is 17.8. The van der Waals surface area contributed by atoms with Gasteiger partial charge in [0, 0.05) is 44.0 Å². The second-order valence-corrected chi connectivity index (χ2v) is 9.60. The lowest BCUT2D eigenvalue weighted by Gasteiger charge is -2.42. The molecular formula is C29H38N2O6. The van der Waals surface area contributed by atoms with Crippen molar-refractivity contribution in [3.8, 4) is 0 Å². The Morgan fingerprint density at radius 2 is 1.68 bits per heavy atom. The molecular weight excluding hydrogens is 472 g/mol. The molecule has 0 aromatic heterocycles. The summed E-state index contributed by atoms with van der Waals surface area (Å²) in [5, 5.41) is 20.9. The summed E-state index contributed by atoms with van der Waals surface area (Å²) >= 11 is 0. The van der Waals surface area contributed by atoms with Crippen LogP contribution in [-0.2, 0) is 32.2 Å². The number of carbonyl (C=O) groups excluding carboxylic acids is 1. The van der Waals surface area contributed by atoms with Crippen LogP contribution in [0.15, 0.2) is 61.2 Å². The van der Waals surface area contributed by atoms with E-state index in [1.807, 2.05) is 61.7 Å². The Morgan fingerprint density at radius 3 is 2.30 bits per heavy atom. The van der Waals surface area contributed by atoms with Gasteiger partial charge in [-0.2, -0.15) is 0 Å². The van der Waals surface area contributed by atoms with Crippen molar-refractivity contribution >= 4 is 11.9 Å². The van der Waals surface area contributed by atoms with Crippen LogP contribution in [0.2, 0.25) is 0 Å². The van der Waals surface area contributed by atoms with E-state index >= 15 is 0 Å². The van der Waals surface area contributed by atoms with Crippen LogP contribution in [0.5, 0.6) is 0 Å². The topological polar surface area (TPSA) is 108 Å². The number of hydrogen-bond donors (Lipinski definition) is 3. The van der Waals surface area contributed by atoms with Gasteiger partial charge in [0.15, 0.2) is 6.29 Å². The molecule has 37 heavy (non-hydrogen) atoms. The van der Waals surface area contributed by atoms with E-state index in [9.17, 15) is 14.7 Å². The number of ether oxygens (including phenoxy) is 2. The summed E-state index contributed by atoms with van der Waals surface area (Å²) in [6, 6.07) is 15.6. The third-order valence-corrected chi connectivity index (χ3v) is 6.59. The van der Waals surface area contributed by atoms with Gasteiger partial charge < -0.3 is 29.9 Å². The van der Waals surface area contributed by atoms with Crippen LogP contribution in [-0.4, -0.2) is 53.2 Å². The van der Waals surface area contributed by atoms with Crippen molar-refractivity contribution in [2.75, 3.05) is 20.1 Å². The van der Waals surface area contributed by atoms with Gasteiger partial charge in [-0.25, -0.2) is 0 Å². The Morgan fingerprint density at radius 1 is 1.03 bits per heavy atom. The fourth-order valence-electron chi connectivity index (χ4n) is 4.41. The number of nitrogens with zero attached hydrogens (tertiary/aromatic N) is 1. The molecule has 1 fully saturated rings. The van der Waals surface area contributed by atoms with E-state index in [-0.39, 0.29) is 43.5 Å². The minimum Gasteiger partial charge on any atom is -0.481 e. The van der Waals surface area contributed by atoms with Gasteiger partial charge in [0.05, 0.1) is 18.8 Å². The van der Waals surface area contributed by atoms with Crippen molar-refractivity contribution in [3.63, 3.8) is 0 Å². The van der Waals surface area contributed by atoms with Crippen molar-refractivity contribution in [2.45, 2.75) is 57.8 Å². The van der Waals surface area contributed by atoms with Gasteiger partial charge in [0.2, 0.25) is 5.91 Å². The molecule has 1 amide bonds. The molecule has 2 aromatic rings. The maximum atomic E-state index is 12.0. The minimum absolute atomic E-state index is 0.00277. The van der Waals surface area contributed by atoms with E-state index in [0.717, 1.165) is 35.3 Å². The van der Waals surface area contributed by atoms with E-state index < -0.39 is 12.3 Å². The summed E-state index contributed by atoms with van der Waals surface area (Å²) in [5.41, 5.74) is 3.71. The smallest absolute Gasteiger partial charge is 0.303 e. The number of carbonyl (C=O) groups is 2. The van der Waals surface area contributed by atoms with E-state index in [1.54, 1.807) is 0 Å². The molecule has 0 aliphatic carbocycles. The molecule has 8 nitrogen and oxygen atoms in total. The molecule has 1 saturated heterocycles. The van der Waals surface area contributed by atoms with Crippen LogP contribution in [0, 0.1) is 5.92 Å². The van der Waals surface area contributed by atoms with Gasteiger partial charge in [-0.1, -0.05) is 61.5 Å². The number of hydrogen-bond acceptors (Lipinski definition) is 6. The van der Waals surface area contributed by atoms with Crippen LogP contribution in [0.25, 0.3) is 0 Å². The first kappa shape index (κ1) is 28.5. The minimum atomic E-state index is -0.899. The molecule has 1 aliphatic rings. The van der Waals surface area contributed by atoms with Gasteiger partial charge in [0.1, 0.15) is 0 Å². The van der Waals surface area contributed by atoms with Gasteiger partial charge in [0.25, 0.3) is 0 Å². The van der Waals surface area contributed by atoms with E-state index in [4.69, 9.17) is 14.6 Å². The number of aliphatic hydroxyl groups is 1. The third kappa shape index (κ3) is 8.50. The molecule has 2 aromatic carbocycles. The predicted molar refractivity (Wildman–Crippen MR) is 140 cm³/mol. The van der Waals surface area contributed by atoms with Crippen molar-refractivity contribution in [3.05, 3.63) is 83.4 Å². The highest BCUT2D eigenvalue weighted by atomic mass is 16.7. The summed E-state index contributed by atoms with van der Waals surface area (Å²) in [7, 11) is 2.04. The van der Waals surface area contributed by atoms with Gasteiger partial charge in [-0.3, -0.25) is 9.59 Å². The fraction of sp³-hybridized carbons (Fsp3) is 0.448. The normalized spacial score (nSPS) is 21.5. The number of benzene rings is 2. The van der Waals surface area contributed by atoms with Crippen molar-refractivity contribution < 1.29 is 29.3 Å². The van der Waals surface area contributed by atoms with Crippen molar-refractivity contribution in [1.82, 2.24) is 10.2 Å². The van der Waals surface area contributed by atoms with E-state index in [1.165, 1.54) is 0 Å². The van der Waals surface area contributed by atoms with Gasteiger partial charge >= 0.3 is 5.97 Å². The lowest BCUT2D eigenvalue weighted by Crippen LogP contribution is -2.43. The van der Waals surface area contributed by atoms with Gasteiger partial charge in [-0.05, 0) is 30.2 Å². The molecule has 1 aliphatic heterocycles. The summed E-state index contributed by atoms with van der Waals surface area (Å²) < 4.78 is 12.9. The molecule has 0 radical (unpaired) electrons. The lowest BCUT2D eigenvalue weighted by atomic mass is 9.90. The molecule has 0 spiro atoms. The second-order valence-electron chi connectivity index (χ2n) is 9.60. The van der Waals surface area contributed by atoms with Crippen LogP contribution < -0.4 is 5.32 Å². The second kappa shape index (κ2) is 14.0. The molecule has 200 valence electrons. The highest BCUT2D eigenvalue weighted by Gasteiger charge is 2.38. The number of likely N-dealkylation sites (N-methyl/N-ethyl adjacent to an activating group) is 1. The van der Waals surface area contributed by atoms with Crippen molar-refractivity contribution in [2.24, 2.45) is 5.92 Å². The Labute approximate surface area is 218 Å². The van der Waals surface area contributed by atoms with E-state index in [2.05, 4.69) is 23.7 Å². The predicted octanol–water partition coefficient (Wildman–Crippen LogP) is 3.96. The summed E-state index contributed by atoms with van der Waals surface area (Å²) in [5.74, 6) is -0.970. The maximum absolute atomic E-state index is 12.0. The average Bonchev–Trinajstić information content (AvgIpc) is 2.89. The monoisotopic (exact) mass is 510 g/mol. The van der Waals surface area contributed by atoms with Crippen LogP contribution in [0.4, 0.5) is 0 Å². The standard InChI is InChI=1S/C29H38N2O6/c1-4-16-31(3)18-25-20(2)28(23-12-10-22(19-32)11-13-23)37-29(36-25)24-14-8-21(9-15-24)17-30-26(33)6-5-7-27(34)35/h4,8-15,20,25,28-29,32H,1,5-7,16-19H2,2-3H3,(H,30,33)(H,34,35)/t20-,25+,28+,29+/m0/s1. The fourth-order valence-corrected chi connectivity index (χ4v) is 4.41. The number of rotatable bonds is 13. The zero-order chi connectivity index (χ0) is 26.8. The van der Waals surface area contributed by atoms with E-state index in [0.29, 0.717) is 13.0 Å². The molecule has 3 rings (SSSR count). The Hall–Kier alpha value is -3.04. The molecule has 0 bridgehead atoms. The number of carboxylic acid groups (broad SMARTS) is 1. The maximum Gasteiger partial charge on any atom is 0.303 e. The number of carboxylic acids is 1. The Kier molecular flexibility index (Phi) is 10.8. The summed E-state index contributed by atoms with van der Waals surface area (Å²) in [4.78, 5) is 24.7. The zero-order valence-corrected chi connectivity index (χ0v) is 21.6. The van der Waals surface area contributed by atoms with Crippen LogP contribution >= 0.6 is 0 Å². The lowest BCUT2D eigenvalue weighted by molar-refractivity contribution is -0.275. The molecule has 4 atom stereocenters. The molecule has 3 N–H and O–H groups in total. The first-order valence-corrected chi connectivity index (χ1v) is 12.7. The molecule has 8 heteroatoms. The molecule has 1 heterocycles. The number of amides is 1. The number of nitrogens with one attached hydrogen (secondary N) is 1. The van der Waals surface area contributed by atoms with Crippen molar-refractivity contribution in [1.29, 1.82) is 0 Å². The molecule has 0 saturated carbocycles. The molecule has 0 unspecified atom stereocenters. The summed E-state index contributed by atoms with van der Waals surface area (Å²) in [6.07, 6.45) is 1.56.